The third-order valence-electron chi connectivity index (χ3n) is 3.23. The molecule has 2 N–H and O–H groups in total. The summed E-state index contributed by atoms with van der Waals surface area (Å²) in [5, 5.41) is 0. The average Bonchev–Trinajstić information content (AvgIpc) is 2.95. The van der Waals surface area contributed by atoms with Crippen LogP contribution in [0, 0.1) is 0 Å². The molecule has 0 aromatic heterocycles. The van der Waals surface area contributed by atoms with Gasteiger partial charge >= 0.3 is 0 Å². The Morgan fingerprint density at radius 2 is 1.85 bits per heavy atom. The van der Waals surface area contributed by atoms with E-state index in [9.17, 15) is 0 Å². The van der Waals surface area contributed by atoms with Crippen molar-refractivity contribution in [1.82, 2.24) is 0 Å². The molecule has 0 saturated heterocycles. The van der Waals surface area contributed by atoms with Crippen molar-refractivity contribution in [2.75, 3.05) is 13.4 Å². The van der Waals surface area contributed by atoms with Gasteiger partial charge in [0.1, 0.15) is 0 Å². The van der Waals surface area contributed by atoms with E-state index in [1.165, 1.54) is 0 Å². The molecule has 0 radical (unpaired) electrons. The summed E-state index contributed by atoms with van der Waals surface area (Å²) in [6.07, 6.45) is 0. The van der Waals surface area contributed by atoms with Gasteiger partial charge in [0.15, 0.2) is 11.5 Å². The van der Waals surface area contributed by atoms with Crippen LogP contribution in [0.2, 0.25) is 0 Å². The first-order valence-electron chi connectivity index (χ1n) is 6.60. The van der Waals surface area contributed by atoms with Crippen molar-refractivity contribution in [2.24, 2.45) is 5.73 Å². The van der Waals surface area contributed by atoms with E-state index in [0.717, 1.165) is 22.6 Å². The predicted octanol–water partition coefficient (Wildman–Crippen LogP) is 2.63. The van der Waals surface area contributed by atoms with Crippen LogP contribution in [0.25, 0.3) is 0 Å². The maximum absolute atomic E-state index is 6.13. The molecule has 20 heavy (non-hydrogen) atoms. The largest absolute Gasteiger partial charge is 0.454 e. The molecule has 0 fully saturated rings. The van der Waals surface area contributed by atoms with Crippen molar-refractivity contribution in [1.29, 1.82) is 0 Å². The van der Waals surface area contributed by atoms with Crippen LogP contribution in [0.4, 0.5) is 0 Å². The average molecular weight is 271 g/mol. The Bertz CT molecular complexity index is 571. The SMILES string of the molecule is NC(COCc1ccccc1)c1ccc2c(c1)OCO2. The molecule has 0 spiro atoms. The first-order valence-corrected chi connectivity index (χ1v) is 6.60. The van der Waals surface area contributed by atoms with Crippen LogP contribution in [0.5, 0.6) is 11.5 Å². The van der Waals surface area contributed by atoms with Crippen molar-refractivity contribution < 1.29 is 14.2 Å². The Morgan fingerprint density at radius 3 is 2.70 bits per heavy atom. The Hall–Kier alpha value is -2.04. The van der Waals surface area contributed by atoms with Crippen molar-refractivity contribution in [3.05, 3.63) is 59.7 Å². The van der Waals surface area contributed by atoms with E-state index < -0.39 is 0 Å². The number of fused-ring (bicyclic) bond motifs is 1. The standard InChI is InChI=1S/C16H17NO3/c17-14(10-18-9-12-4-2-1-3-5-12)13-6-7-15-16(8-13)20-11-19-15/h1-8,14H,9-11,17H2. The van der Waals surface area contributed by atoms with Gasteiger partial charge in [-0.2, -0.15) is 0 Å². The number of hydrogen-bond acceptors (Lipinski definition) is 4. The maximum Gasteiger partial charge on any atom is 0.231 e. The van der Waals surface area contributed by atoms with Crippen LogP contribution >= 0.6 is 0 Å². The topological polar surface area (TPSA) is 53.7 Å². The molecule has 0 amide bonds. The van der Waals surface area contributed by atoms with E-state index in [0.29, 0.717) is 13.2 Å². The van der Waals surface area contributed by atoms with Crippen LogP contribution in [-0.2, 0) is 11.3 Å². The first-order chi connectivity index (χ1) is 9.83. The van der Waals surface area contributed by atoms with Crippen molar-refractivity contribution in [3.63, 3.8) is 0 Å². The third kappa shape index (κ3) is 2.92. The molecule has 1 heterocycles. The fraction of sp³-hybridized carbons (Fsp3) is 0.250. The minimum atomic E-state index is -0.173. The first kappa shape index (κ1) is 13.0. The van der Waals surface area contributed by atoms with E-state index in [-0.39, 0.29) is 12.8 Å². The summed E-state index contributed by atoms with van der Waals surface area (Å²) in [7, 11) is 0. The van der Waals surface area contributed by atoms with Crippen LogP contribution < -0.4 is 15.2 Å². The Kier molecular flexibility index (Phi) is 3.85. The minimum Gasteiger partial charge on any atom is -0.454 e. The molecule has 0 aliphatic carbocycles. The molecule has 4 heteroatoms. The summed E-state index contributed by atoms with van der Waals surface area (Å²) in [4.78, 5) is 0. The van der Waals surface area contributed by atoms with Crippen LogP contribution in [0.1, 0.15) is 17.2 Å². The lowest BCUT2D eigenvalue weighted by Gasteiger charge is -2.13. The van der Waals surface area contributed by atoms with Gasteiger partial charge in [0.05, 0.1) is 19.3 Å². The zero-order valence-corrected chi connectivity index (χ0v) is 11.1. The normalized spacial score (nSPS) is 14.2. The highest BCUT2D eigenvalue weighted by Crippen LogP contribution is 2.33. The Morgan fingerprint density at radius 1 is 1.05 bits per heavy atom. The summed E-state index contributed by atoms with van der Waals surface area (Å²) < 4.78 is 16.3. The molecule has 104 valence electrons. The third-order valence-corrected chi connectivity index (χ3v) is 3.23. The van der Waals surface area contributed by atoms with E-state index in [4.69, 9.17) is 19.9 Å². The molecule has 3 rings (SSSR count). The van der Waals surface area contributed by atoms with Crippen LogP contribution in [0.3, 0.4) is 0 Å². The molecule has 0 bridgehead atoms. The lowest BCUT2D eigenvalue weighted by molar-refractivity contribution is 0.108. The second-order valence-electron chi connectivity index (χ2n) is 4.72. The smallest absolute Gasteiger partial charge is 0.231 e. The van der Waals surface area contributed by atoms with E-state index in [1.54, 1.807) is 0 Å². The zero-order valence-electron chi connectivity index (χ0n) is 11.1. The highest BCUT2D eigenvalue weighted by Gasteiger charge is 2.15. The fourth-order valence-corrected chi connectivity index (χ4v) is 2.12. The van der Waals surface area contributed by atoms with Gasteiger partial charge in [0.2, 0.25) is 6.79 Å². The highest BCUT2D eigenvalue weighted by atomic mass is 16.7. The van der Waals surface area contributed by atoms with Crippen molar-refractivity contribution >= 4 is 0 Å². The van der Waals surface area contributed by atoms with Gasteiger partial charge in [-0.15, -0.1) is 0 Å². The lowest BCUT2D eigenvalue weighted by atomic mass is 10.1. The number of hydrogen-bond donors (Lipinski definition) is 1. The zero-order chi connectivity index (χ0) is 13.8. The van der Waals surface area contributed by atoms with Crippen molar-refractivity contribution in [2.45, 2.75) is 12.6 Å². The van der Waals surface area contributed by atoms with Gasteiger partial charge in [0.25, 0.3) is 0 Å². The molecule has 1 atom stereocenters. The molecule has 2 aromatic rings. The monoisotopic (exact) mass is 271 g/mol. The predicted molar refractivity (Wildman–Crippen MR) is 75.6 cm³/mol. The van der Waals surface area contributed by atoms with Gasteiger partial charge in [-0.05, 0) is 23.3 Å². The van der Waals surface area contributed by atoms with E-state index in [2.05, 4.69) is 0 Å². The summed E-state index contributed by atoms with van der Waals surface area (Å²) in [6.45, 7) is 1.31. The molecule has 4 nitrogen and oxygen atoms in total. The summed E-state index contributed by atoms with van der Waals surface area (Å²) in [5.74, 6) is 1.52. The lowest BCUT2D eigenvalue weighted by Crippen LogP contribution is -2.17. The number of rotatable bonds is 5. The van der Waals surface area contributed by atoms with Gasteiger partial charge in [-0.1, -0.05) is 36.4 Å². The molecule has 1 aliphatic rings. The van der Waals surface area contributed by atoms with Crippen LogP contribution in [-0.4, -0.2) is 13.4 Å². The maximum atomic E-state index is 6.13. The summed E-state index contributed by atoms with van der Waals surface area (Å²) >= 11 is 0. The summed E-state index contributed by atoms with van der Waals surface area (Å²) in [6, 6.07) is 15.6. The highest BCUT2D eigenvalue weighted by molar-refractivity contribution is 5.45. The Labute approximate surface area is 118 Å². The van der Waals surface area contributed by atoms with Gasteiger partial charge in [0, 0.05) is 0 Å². The van der Waals surface area contributed by atoms with Gasteiger partial charge < -0.3 is 19.9 Å². The van der Waals surface area contributed by atoms with Gasteiger partial charge in [-0.3, -0.25) is 0 Å². The summed E-state index contributed by atoms with van der Waals surface area (Å²) in [5.41, 5.74) is 8.26. The fourth-order valence-electron chi connectivity index (χ4n) is 2.12. The number of ether oxygens (including phenoxy) is 3. The van der Waals surface area contributed by atoms with Gasteiger partial charge in [-0.25, -0.2) is 0 Å². The second kappa shape index (κ2) is 5.94. The quantitative estimate of drug-likeness (QED) is 0.908. The van der Waals surface area contributed by atoms with E-state index >= 15 is 0 Å². The molecule has 0 saturated carbocycles. The minimum absolute atomic E-state index is 0.173. The molecular weight excluding hydrogens is 254 g/mol. The molecule has 2 aromatic carbocycles. The Balaban J connectivity index is 1.55. The number of benzene rings is 2. The van der Waals surface area contributed by atoms with Crippen molar-refractivity contribution in [3.8, 4) is 11.5 Å². The number of nitrogens with two attached hydrogens (primary N) is 1. The molecule has 1 unspecified atom stereocenters. The molecule has 1 aliphatic heterocycles. The van der Waals surface area contributed by atoms with E-state index in [1.807, 2.05) is 48.5 Å². The second-order valence-corrected chi connectivity index (χ2v) is 4.72. The van der Waals surface area contributed by atoms with Crippen LogP contribution in [0.15, 0.2) is 48.5 Å². The molecular formula is C16H17NO3.